The van der Waals surface area contributed by atoms with Gasteiger partial charge in [0, 0.05) is 56.0 Å². The highest BCUT2D eigenvalue weighted by molar-refractivity contribution is 9.18. The lowest BCUT2D eigenvalue weighted by Crippen LogP contribution is -2.08. The molecule has 4 atom stereocenters. The van der Waals surface area contributed by atoms with Crippen molar-refractivity contribution < 1.29 is 91.0 Å². The maximum atomic E-state index is 12.9. The monoisotopic (exact) mass is 1630 g/mol. The number of rotatable bonds is 12. The van der Waals surface area contributed by atoms with Crippen LogP contribution in [-0.4, -0.2) is 60.7 Å². The number of halogens is 13. The molecule has 0 fully saturated rings. The van der Waals surface area contributed by atoms with Crippen LogP contribution in [-0.2, 0) is 44.1 Å². The summed E-state index contributed by atoms with van der Waals surface area (Å²) in [6.45, 7) is 7.32. The summed E-state index contributed by atoms with van der Waals surface area (Å²) in [7, 11) is 0. The lowest BCUT2D eigenvalue weighted by molar-refractivity contribution is -0.138. The Morgan fingerprint density at radius 1 is 0.354 bits per heavy atom. The zero-order chi connectivity index (χ0) is 80.0. The lowest BCUT2D eigenvalue weighted by Gasteiger charge is -2.14. The van der Waals surface area contributed by atoms with Gasteiger partial charge in [-0.15, -0.1) is 0 Å². The van der Waals surface area contributed by atoms with Gasteiger partial charge in [0.1, 0.15) is 69.6 Å². The van der Waals surface area contributed by atoms with Gasteiger partial charge in [0.25, 0.3) is 0 Å². The van der Waals surface area contributed by atoms with Gasteiger partial charge in [-0.2, -0.15) is 52.7 Å². The smallest absolute Gasteiger partial charge is 0.416 e. The summed E-state index contributed by atoms with van der Waals surface area (Å²) in [6.07, 6.45) is 3.73. The predicted octanol–water partition coefficient (Wildman–Crippen LogP) is 22.4. The van der Waals surface area contributed by atoms with Crippen LogP contribution >= 0.6 is 15.9 Å². The van der Waals surface area contributed by atoms with E-state index in [4.69, 9.17) is 38.3 Å². The number of aryl methyl sites for hydroxylation is 4. The second-order valence-corrected chi connectivity index (χ2v) is 26.4. The van der Waals surface area contributed by atoms with Gasteiger partial charge in [0.05, 0.1) is 47.8 Å². The molecule has 12 aromatic rings. The van der Waals surface area contributed by atoms with E-state index >= 15 is 0 Å². The number of aromatic amines is 1. The Labute approximate surface area is 645 Å². The van der Waals surface area contributed by atoms with Crippen molar-refractivity contribution in [2.45, 2.75) is 102 Å². The highest BCUT2D eigenvalue weighted by Gasteiger charge is 2.35. The van der Waals surface area contributed by atoms with E-state index in [2.05, 4.69) is 61.5 Å². The predicted molar refractivity (Wildman–Crippen MR) is 395 cm³/mol. The number of benzene rings is 8. The molecule has 0 saturated carbocycles. The Hall–Kier alpha value is -12.7. The molecule has 4 aliphatic heterocycles. The van der Waals surface area contributed by atoms with Crippen LogP contribution in [0.5, 0.6) is 46.0 Å². The van der Waals surface area contributed by atoms with E-state index < -0.39 is 47.0 Å². The Morgan fingerprint density at radius 3 is 0.858 bits per heavy atom. The summed E-state index contributed by atoms with van der Waals surface area (Å²) >= 11 is 3.28. The number of imidazole rings is 4. The average Bonchev–Trinajstić information content (AvgIpc) is 1.80. The highest BCUT2D eigenvalue weighted by Crippen LogP contribution is 2.42. The maximum Gasteiger partial charge on any atom is 0.416 e. The van der Waals surface area contributed by atoms with Crippen molar-refractivity contribution >= 4 is 38.1 Å². The van der Waals surface area contributed by atoms with Crippen LogP contribution in [0.3, 0.4) is 0 Å². The summed E-state index contributed by atoms with van der Waals surface area (Å²) in [5.41, 5.74) is 3.54. The quantitative estimate of drug-likeness (QED) is 0.113. The first-order valence-corrected chi connectivity index (χ1v) is 35.1. The molecule has 0 saturated heterocycles. The minimum Gasteiger partial charge on any atom is -0.457 e. The second-order valence-electron chi connectivity index (χ2n) is 25.5. The Morgan fingerprint density at radius 2 is 0.637 bits per heavy atom. The Bertz CT molecular complexity index is 4920. The third-order valence-electron chi connectivity index (χ3n) is 17.3. The summed E-state index contributed by atoms with van der Waals surface area (Å²) in [5.74, 6) is 4.57. The maximum absolute atomic E-state index is 12.9. The molecule has 113 heavy (non-hydrogen) atoms. The minimum absolute atomic E-state index is 0.123. The SMILES string of the molecule is Cc1ccc(C2CC(Br)=NO2)cc1Oc1cccc(C(F)(F)F)c1.Cc1ccc(C2CC(n3ccnc3)=NO2)cc1Oc1cccc(C(F)(F)F)c1.Cc1ccc([C@@H]2CC(n3ccnc3)=NO2)cc1Oc1cccc(C(F)(F)F)c1.Cc1ccc([C@H]2CC(n3ccnc3)=NO2)cc1Oc1cccc(C(F)(F)F)c1.c1c[nH]cn1. The molecule has 20 nitrogen and oxygen atoms in total. The van der Waals surface area contributed by atoms with E-state index in [1.54, 1.807) is 113 Å². The highest BCUT2D eigenvalue weighted by atomic mass is 79.9. The molecule has 0 amide bonds. The summed E-state index contributed by atoms with van der Waals surface area (Å²) in [4.78, 5) is 40.2. The molecule has 0 aliphatic carbocycles. The summed E-state index contributed by atoms with van der Waals surface area (Å²) in [5, 5.41) is 16.1. The van der Waals surface area contributed by atoms with Crippen LogP contribution in [0.2, 0.25) is 0 Å². The fourth-order valence-electron chi connectivity index (χ4n) is 11.2. The van der Waals surface area contributed by atoms with Gasteiger partial charge in [-0.25, -0.2) is 19.9 Å². The van der Waals surface area contributed by atoms with E-state index in [9.17, 15) is 52.7 Å². The number of hydrogen-bond donors (Lipinski definition) is 1. The largest absolute Gasteiger partial charge is 0.457 e. The first-order chi connectivity index (χ1) is 54.0. The molecule has 0 radical (unpaired) electrons. The number of alkyl halides is 12. The van der Waals surface area contributed by atoms with Gasteiger partial charge in [0.2, 0.25) is 0 Å². The fourth-order valence-corrected chi connectivity index (χ4v) is 11.6. The van der Waals surface area contributed by atoms with Gasteiger partial charge in [-0.1, -0.05) is 93.4 Å². The average molecular weight is 1630 g/mol. The number of ether oxygens (including phenoxy) is 4. The minimum atomic E-state index is -4.42. The van der Waals surface area contributed by atoms with Crippen molar-refractivity contribution in [3.05, 3.63) is 312 Å². The molecule has 33 heteroatoms. The zero-order valence-electron chi connectivity index (χ0n) is 59.8. The van der Waals surface area contributed by atoms with Crippen molar-refractivity contribution in [1.29, 1.82) is 0 Å². The van der Waals surface area contributed by atoms with Gasteiger partial charge in [-0.3, -0.25) is 13.7 Å². The van der Waals surface area contributed by atoms with Crippen molar-refractivity contribution in [1.82, 2.24) is 38.6 Å². The van der Waals surface area contributed by atoms with Gasteiger partial charge in [-0.05, 0) is 185 Å². The van der Waals surface area contributed by atoms with Crippen molar-refractivity contribution in [3.63, 3.8) is 0 Å². The normalized spacial score (nSPS) is 16.4. The number of nitrogens with zero attached hydrogens (tertiary/aromatic N) is 11. The molecular weight excluding hydrogens is 1560 g/mol. The summed E-state index contributed by atoms with van der Waals surface area (Å²) < 4.78 is 184. The Balaban J connectivity index is 0.000000137. The molecule has 8 aromatic carbocycles. The van der Waals surface area contributed by atoms with E-state index in [1.807, 2.05) is 76.2 Å². The van der Waals surface area contributed by atoms with Gasteiger partial charge < -0.3 is 43.3 Å². The van der Waals surface area contributed by atoms with Crippen molar-refractivity contribution in [3.8, 4) is 46.0 Å². The molecule has 8 heterocycles. The van der Waals surface area contributed by atoms with Gasteiger partial charge in [0.15, 0.2) is 41.9 Å². The molecule has 1 N–H and O–H groups in total. The first-order valence-electron chi connectivity index (χ1n) is 34.3. The summed E-state index contributed by atoms with van der Waals surface area (Å²) in [6, 6.07) is 41.3. The number of nitrogens with one attached hydrogen (secondary N) is 1. The lowest BCUT2D eigenvalue weighted by atomic mass is 10.0. The van der Waals surface area contributed by atoms with Crippen molar-refractivity contribution in [2.75, 3.05) is 0 Å². The number of hydrogen-bond acceptors (Lipinski definition) is 16. The van der Waals surface area contributed by atoms with Crippen LogP contribution in [0.1, 0.15) is 117 Å². The third kappa shape index (κ3) is 21.5. The van der Waals surface area contributed by atoms with Crippen LogP contribution in [0.4, 0.5) is 52.7 Å². The van der Waals surface area contributed by atoms with E-state index in [-0.39, 0.29) is 47.4 Å². The zero-order valence-corrected chi connectivity index (χ0v) is 61.4. The molecule has 4 aromatic heterocycles. The van der Waals surface area contributed by atoms with Crippen LogP contribution < -0.4 is 18.9 Å². The van der Waals surface area contributed by atoms with Crippen LogP contribution in [0.15, 0.2) is 265 Å². The number of H-pyrrole nitrogens is 1. The standard InChI is InChI=1S/3C20H16F3N3O2.C17H13BrF3NO2.C3H4N2/c3*1-13-5-6-14(18-11-19(25-28-18)26-8-7-24-12-26)9-17(13)27-16-4-2-3-15(10-16)20(21,22)23;1-10-5-6-11(15-9-16(18)22-24-15)7-14(10)23-13-4-2-3-12(8-13)17(19,20)21;1-2-5-3-4-1/h3*2-10,12,18H,11H2,1H3;2-8,15H,9H2,1H3;1-3H,(H,4,5)/t2*18-;;;/m10.../s1. The van der Waals surface area contributed by atoms with Crippen LogP contribution in [0.25, 0.3) is 0 Å². The topological polar surface area (TPSA) is 205 Å². The molecular formula is C80H65BrF12N12O8. The van der Waals surface area contributed by atoms with Gasteiger partial charge >= 0.3 is 24.7 Å². The van der Waals surface area contributed by atoms with Crippen LogP contribution in [0, 0.1) is 27.7 Å². The molecule has 584 valence electrons. The third-order valence-corrected chi connectivity index (χ3v) is 17.8. The number of oxime groups is 4. The second kappa shape index (κ2) is 35.1. The Kier molecular flexibility index (Phi) is 24.8. The van der Waals surface area contributed by atoms with E-state index in [0.717, 1.165) is 111 Å². The number of aromatic nitrogens is 8. The van der Waals surface area contributed by atoms with E-state index in [0.29, 0.717) is 53.3 Å². The first kappa shape index (κ1) is 79.9. The molecule has 4 aliphatic rings. The van der Waals surface area contributed by atoms with Crippen molar-refractivity contribution in [2.24, 2.45) is 20.6 Å². The van der Waals surface area contributed by atoms with E-state index in [1.165, 1.54) is 48.5 Å². The molecule has 2 unspecified atom stereocenters. The molecule has 16 rings (SSSR count). The molecule has 0 bridgehead atoms. The molecule has 0 spiro atoms. The fraction of sp³-hybridized carbons (Fsp3) is 0.200.